The largest absolute Gasteiger partial charge is 0.497 e. The summed E-state index contributed by atoms with van der Waals surface area (Å²) in [6, 6.07) is 4.89. The molecule has 1 aliphatic carbocycles. The number of hydrogen-bond acceptors (Lipinski definition) is 3. The van der Waals surface area contributed by atoms with E-state index in [2.05, 4.69) is 0 Å². The Kier molecular flexibility index (Phi) is 4.01. The van der Waals surface area contributed by atoms with Crippen molar-refractivity contribution in [3.05, 3.63) is 29.3 Å². The van der Waals surface area contributed by atoms with Crippen LogP contribution in [0.1, 0.15) is 23.6 Å². The fourth-order valence-electron chi connectivity index (χ4n) is 2.32. The quantitative estimate of drug-likeness (QED) is 0.922. The van der Waals surface area contributed by atoms with Gasteiger partial charge in [-0.25, -0.2) is 0 Å². The summed E-state index contributed by atoms with van der Waals surface area (Å²) in [5, 5.41) is 0. The van der Waals surface area contributed by atoms with Crippen molar-refractivity contribution in [2.45, 2.75) is 31.2 Å². The molecule has 6 heteroatoms. The second-order valence-corrected chi connectivity index (χ2v) is 4.59. The third-order valence-corrected chi connectivity index (χ3v) is 3.27. The molecule has 0 saturated heterocycles. The standard InChI is InChI=1S/C13H16F3NO2/c1-18-9-3-4-10-8(6-9)2-5-11(12(10)17)19-7-13(14,15)16/h3-4,6,11-12H,2,5,7,17H2,1H3. The predicted octanol–water partition coefficient (Wildman–Crippen LogP) is 2.59. The highest BCUT2D eigenvalue weighted by Crippen LogP contribution is 2.33. The van der Waals surface area contributed by atoms with Gasteiger partial charge in [0, 0.05) is 0 Å². The molecule has 0 amide bonds. The summed E-state index contributed by atoms with van der Waals surface area (Å²) < 4.78 is 46.5. The number of methoxy groups -OCH3 is 1. The van der Waals surface area contributed by atoms with Crippen LogP contribution in [-0.4, -0.2) is 26.0 Å². The summed E-state index contributed by atoms with van der Waals surface area (Å²) in [4.78, 5) is 0. The first-order chi connectivity index (χ1) is 8.90. The van der Waals surface area contributed by atoms with Crippen molar-refractivity contribution in [3.8, 4) is 5.75 Å². The van der Waals surface area contributed by atoms with Crippen LogP contribution in [0.5, 0.6) is 5.75 Å². The van der Waals surface area contributed by atoms with E-state index in [9.17, 15) is 13.2 Å². The molecule has 2 N–H and O–H groups in total. The second-order valence-electron chi connectivity index (χ2n) is 4.59. The van der Waals surface area contributed by atoms with E-state index in [1.54, 1.807) is 19.2 Å². The maximum atomic E-state index is 12.1. The summed E-state index contributed by atoms with van der Waals surface area (Å²) >= 11 is 0. The molecule has 0 radical (unpaired) electrons. The SMILES string of the molecule is COc1ccc2c(c1)CCC(OCC(F)(F)F)C2N. The Balaban J connectivity index is 2.09. The molecule has 0 spiro atoms. The third-order valence-electron chi connectivity index (χ3n) is 3.27. The Hall–Kier alpha value is -1.27. The lowest BCUT2D eigenvalue weighted by atomic mass is 9.86. The number of aryl methyl sites for hydroxylation is 1. The summed E-state index contributed by atoms with van der Waals surface area (Å²) in [7, 11) is 1.57. The number of ether oxygens (including phenoxy) is 2. The molecule has 0 fully saturated rings. The molecule has 1 aromatic rings. The Labute approximate surface area is 109 Å². The van der Waals surface area contributed by atoms with E-state index in [-0.39, 0.29) is 0 Å². The zero-order valence-corrected chi connectivity index (χ0v) is 10.5. The van der Waals surface area contributed by atoms with Crippen LogP contribution in [0.25, 0.3) is 0 Å². The Morgan fingerprint density at radius 1 is 1.37 bits per heavy atom. The zero-order valence-electron chi connectivity index (χ0n) is 10.5. The monoisotopic (exact) mass is 275 g/mol. The summed E-state index contributed by atoms with van der Waals surface area (Å²) in [6.07, 6.45) is -3.79. The minimum atomic E-state index is -4.32. The van der Waals surface area contributed by atoms with Gasteiger partial charge in [-0.3, -0.25) is 0 Å². The van der Waals surface area contributed by atoms with E-state index in [0.29, 0.717) is 12.8 Å². The Morgan fingerprint density at radius 3 is 2.74 bits per heavy atom. The number of benzene rings is 1. The van der Waals surface area contributed by atoms with Crippen LogP contribution >= 0.6 is 0 Å². The minimum Gasteiger partial charge on any atom is -0.497 e. The van der Waals surface area contributed by atoms with Gasteiger partial charge in [0.1, 0.15) is 12.4 Å². The van der Waals surface area contributed by atoms with Crippen molar-refractivity contribution in [3.63, 3.8) is 0 Å². The maximum Gasteiger partial charge on any atom is 0.411 e. The summed E-state index contributed by atoms with van der Waals surface area (Å²) in [6.45, 7) is -1.25. The van der Waals surface area contributed by atoms with E-state index in [1.165, 1.54) is 0 Å². The van der Waals surface area contributed by atoms with Gasteiger partial charge in [0.15, 0.2) is 0 Å². The lowest BCUT2D eigenvalue weighted by molar-refractivity contribution is -0.188. The molecule has 0 heterocycles. The second kappa shape index (κ2) is 5.38. The molecule has 0 saturated carbocycles. The molecule has 2 rings (SSSR count). The molecule has 2 atom stereocenters. The normalized spacial score (nSPS) is 23.0. The van der Waals surface area contributed by atoms with E-state index in [0.717, 1.165) is 16.9 Å². The molecule has 2 unspecified atom stereocenters. The van der Waals surface area contributed by atoms with Gasteiger partial charge in [-0.1, -0.05) is 6.07 Å². The molecule has 19 heavy (non-hydrogen) atoms. The molecule has 0 aliphatic heterocycles. The third kappa shape index (κ3) is 3.39. The average Bonchev–Trinajstić information content (AvgIpc) is 2.36. The molecule has 3 nitrogen and oxygen atoms in total. The van der Waals surface area contributed by atoms with E-state index in [4.69, 9.17) is 15.2 Å². The van der Waals surface area contributed by atoms with Gasteiger partial charge in [0.25, 0.3) is 0 Å². The number of fused-ring (bicyclic) bond motifs is 1. The topological polar surface area (TPSA) is 44.5 Å². The fraction of sp³-hybridized carbons (Fsp3) is 0.538. The lowest BCUT2D eigenvalue weighted by Crippen LogP contribution is -2.36. The van der Waals surface area contributed by atoms with Crippen molar-refractivity contribution in [2.75, 3.05) is 13.7 Å². The smallest absolute Gasteiger partial charge is 0.411 e. The van der Waals surface area contributed by atoms with Crippen LogP contribution in [0.4, 0.5) is 13.2 Å². The molecular formula is C13H16F3NO2. The Bertz CT molecular complexity index is 448. The predicted molar refractivity (Wildman–Crippen MR) is 64.0 cm³/mol. The highest BCUT2D eigenvalue weighted by atomic mass is 19.4. The molecule has 0 aromatic heterocycles. The number of halogens is 3. The molecular weight excluding hydrogens is 259 g/mol. The van der Waals surface area contributed by atoms with Crippen molar-refractivity contribution in [1.29, 1.82) is 0 Å². The average molecular weight is 275 g/mol. The van der Waals surface area contributed by atoms with Gasteiger partial charge in [0.05, 0.1) is 19.3 Å². The van der Waals surface area contributed by atoms with Gasteiger partial charge in [0.2, 0.25) is 0 Å². The first kappa shape index (κ1) is 14.1. The molecule has 106 valence electrons. The van der Waals surface area contributed by atoms with Gasteiger partial charge in [-0.2, -0.15) is 13.2 Å². The summed E-state index contributed by atoms with van der Waals surface area (Å²) in [5.74, 6) is 0.723. The van der Waals surface area contributed by atoms with E-state index in [1.807, 2.05) is 6.07 Å². The maximum absolute atomic E-state index is 12.1. The molecule has 0 bridgehead atoms. The van der Waals surface area contributed by atoms with E-state index >= 15 is 0 Å². The summed E-state index contributed by atoms with van der Waals surface area (Å²) in [5.41, 5.74) is 7.82. The Morgan fingerprint density at radius 2 is 2.11 bits per heavy atom. The first-order valence-electron chi connectivity index (χ1n) is 6.01. The number of rotatable bonds is 3. The van der Waals surface area contributed by atoms with Crippen molar-refractivity contribution < 1.29 is 22.6 Å². The number of nitrogens with two attached hydrogens (primary N) is 1. The van der Waals surface area contributed by atoms with Gasteiger partial charge < -0.3 is 15.2 Å². The number of alkyl halides is 3. The van der Waals surface area contributed by atoms with Crippen LogP contribution in [0.3, 0.4) is 0 Å². The zero-order chi connectivity index (χ0) is 14.0. The van der Waals surface area contributed by atoms with Crippen molar-refractivity contribution in [2.24, 2.45) is 5.73 Å². The van der Waals surface area contributed by atoms with Crippen LogP contribution < -0.4 is 10.5 Å². The fourth-order valence-corrected chi connectivity index (χ4v) is 2.32. The van der Waals surface area contributed by atoms with Crippen LogP contribution in [0.15, 0.2) is 18.2 Å². The van der Waals surface area contributed by atoms with Crippen LogP contribution in [-0.2, 0) is 11.2 Å². The number of hydrogen-bond donors (Lipinski definition) is 1. The van der Waals surface area contributed by atoms with Crippen molar-refractivity contribution >= 4 is 0 Å². The minimum absolute atomic E-state index is 0.484. The van der Waals surface area contributed by atoms with Gasteiger partial charge in [-0.15, -0.1) is 0 Å². The first-order valence-corrected chi connectivity index (χ1v) is 6.01. The molecule has 1 aromatic carbocycles. The van der Waals surface area contributed by atoms with Gasteiger partial charge in [-0.05, 0) is 36.1 Å². The van der Waals surface area contributed by atoms with E-state index < -0.39 is 24.9 Å². The highest BCUT2D eigenvalue weighted by molar-refractivity contribution is 5.39. The van der Waals surface area contributed by atoms with Crippen LogP contribution in [0, 0.1) is 0 Å². The van der Waals surface area contributed by atoms with Crippen LogP contribution in [0.2, 0.25) is 0 Å². The van der Waals surface area contributed by atoms with Gasteiger partial charge >= 0.3 is 6.18 Å². The van der Waals surface area contributed by atoms with Crippen molar-refractivity contribution in [1.82, 2.24) is 0 Å². The molecule has 1 aliphatic rings. The lowest BCUT2D eigenvalue weighted by Gasteiger charge is -2.31. The highest BCUT2D eigenvalue weighted by Gasteiger charge is 2.33.